The maximum atomic E-state index is 11.7. The van der Waals surface area contributed by atoms with Crippen LogP contribution < -0.4 is 0 Å². The highest BCUT2D eigenvalue weighted by molar-refractivity contribution is 5.72. The van der Waals surface area contributed by atoms with Gasteiger partial charge < -0.3 is 19.3 Å². The number of carbonyl (C=O) groups excluding carboxylic acids is 1. The van der Waals surface area contributed by atoms with Gasteiger partial charge in [-0.15, -0.1) is 0 Å². The molecule has 1 aliphatic carbocycles. The number of carbonyl (C=O) groups is 1. The lowest BCUT2D eigenvalue weighted by atomic mass is 9.89. The van der Waals surface area contributed by atoms with Crippen LogP contribution in [0.25, 0.3) is 0 Å². The highest BCUT2D eigenvalue weighted by atomic mass is 16.7. The zero-order chi connectivity index (χ0) is 15.6. The Labute approximate surface area is 132 Å². The zero-order valence-corrected chi connectivity index (χ0v) is 13.5. The number of aliphatic hydroxyl groups is 1. The summed E-state index contributed by atoms with van der Waals surface area (Å²) in [6.45, 7) is 2.60. The molecule has 2 aliphatic heterocycles. The average molecular weight is 312 g/mol. The van der Waals surface area contributed by atoms with Gasteiger partial charge in [0.1, 0.15) is 6.10 Å². The predicted molar refractivity (Wildman–Crippen MR) is 80.2 cm³/mol. The van der Waals surface area contributed by atoms with E-state index >= 15 is 0 Å². The number of ether oxygens (including phenoxy) is 3. The van der Waals surface area contributed by atoms with Gasteiger partial charge in [-0.2, -0.15) is 0 Å². The van der Waals surface area contributed by atoms with Crippen LogP contribution in [0.3, 0.4) is 0 Å². The smallest absolute Gasteiger partial charge is 0.306 e. The monoisotopic (exact) mass is 312 g/mol. The van der Waals surface area contributed by atoms with E-state index in [0.29, 0.717) is 19.4 Å². The van der Waals surface area contributed by atoms with E-state index in [2.05, 4.69) is 6.92 Å². The maximum Gasteiger partial charge on any atom is 0.306 e. The maximum absolute atomic E-state index is 11.7. The van der Waals surface area contributed by atoms with Gasteiger partial charge in [-0.3, -0.25) is 4.79 Å². The van der Waals surface area contributed by atoms with Gasteiger partial charge in [0.05, 0.1) is 25.2 Å². The summed E-state index contributed by atoms with van der Waals surface area (Å²) in [4.78, 5) is 11.7. The Bertz CT molecular complexity index is 391. The van der Waals surface area contributed by atoms with Crippen molar-refractivity contribution < 1.29 is 24.1 Å². The van der Waals surface area contributed by atoms with E-state index in [4.69, 9.17) is 14.2 Å². The Balaban J connectivity index is 1.63. The molecule has 4 atom stereocenters. The summed E-state index contributed by atoms with van der Waals surface area (Å²) in [7, 11) is 0. The van der Waals surface area contributed by atoms with Crippen molar-refractivity contribution >= 4 is 5.97 Å². The number of aliphatic hydroxyl groups excluding tert-OH is 1. The fourth-order valence-electron chi connectivity index (χ4n) is 4.02. The molecule has 126 valence electrons. The normalized spacial score (nSPS) is 35.7. The van der Waals surface area contributed by atoms with Crippen LogP contribution in [0, 0.1) is 5.92 Å². The Morgan fingerprint density at radius 3 is 2.82 bits per heavy atom. The van der Waals surface area contributed by atoms with Crippen LogP contribution in [0.1, 0.15) is 64.7 Å². The second-order valence-corrected chi connectivity index (χ2v) is 6.97. The number of unbranched alkanes of at least 4 members (excludes halogenated alkanes) is 1. The van der Waals surface area contributed by atoms with Gasteiger partial charge in [0.25, 0.3) is 0 Å². The molecule has 2 saturated heterocycles. The molecule has 1 N–H and O–H groups in total. The summed E-state index contributed by atoms with van der Waals surface area (Å²) in [5.74, 6) is -0.743. The predicted octanol–water partition coefficient (Wildman–Crippen LogP) is 2.55. The molecule has 0 bridgehead atoms. The molecule has 1 saturated carbocycles. The van der Waals surface area contributed by atoms with Gasteiger partial charge in [-0.25, -0.2) is 0 Å². The van der Waals surface area contributed by atoms with Crippen LogP contribution in [-0.4, -0.2) is 41.8 Å². The van der Waals surface area contributed by atoms with Gasteiger partial charge in [-0.1, -0.05) is 26.2 Å². The van der Waals surface area contributed by atoms with Gasteiger partial charge in [-0.05, 0) is 19.3 Å². The van der Waals surface area contributed by atoms with E-state index in [-0.39, 0.29) is 18.0 Å². The van der Waals surface area contributed by atoms with Gasteiger partial charge in [0, 0.05) is 18.8 Å². The number of hydrogen-bond acceptors (Lipinski definition) is 5. The Morgan fingerprint density at radius 1 is 1.32 bits per heavy atom. The van der Waals surface area contributed by atoms with Crippen LogP contribution in [0.5, 0.6) is 0 Å². The lowest BCUT2D eigenvalue weighted by molar-refractivity contribution is -0.194. The molecule has 3 aliphatic rings. The molecule has 0 aromatic heterocycles. The summed E-state index contributed by atoms with van der Waals surface area (Å²) in [6, 6.07) is 0. The third-order valence-corrected chi connectivity index (χ3v) is 5.29. The van der Waals surface area contributed by atoms with Crippen molar-refractivity contribution in [1.29, 1.82) is 0 Å². The van der Waals surface area contributed by atoms with Crippen molar-refractivity contribution in [2.45, 2.75) is 88.8 Å². The Morgan fingerprint density at radius 2 is 2.09 bits per heavy atom. The minimum absolute atomic E-state index is 0.0827. The first kappa shape index (κ1) is 16.2. The van der Waals surface area contributed by atoms with Crippen molar-refractivity contribution in [1.82, 2.24) is 0 Å². The van der Waals surface area contributed by atoms with Crippen molar-refractivity contribution in [3.63, 3.8) is 0 Å². The minimum atomic E-state index is -0.595. The van der Waals surface area contributed by atoms with E-state index in [9.17, 15) is 9.90 Å². The number of esters is 1. The van der Waals surface area contributed by atoms with Gasteiger partial charge in [0.15, 0.2) is 5.79 Å². The summed E-state index contributed by atoms with van der Waals surface area (Å²) in [5.41, 5.74) is 0. The SMILES string of the molecule is CCCC[C@@H](O)[C@@H]1OC(=O)C[C@H]1[C@H]1COC2(CCCCC2)O1. The quantitative estimate of drug-likeness (QED) is 0.790. The molecule has 0 aromatic carbocycles. The molecule has 22 heavy (non-hydrogen) atoms. The number of cyclic esters (lactones) is 1. The topological polar surface area (TPSA) is 65.0 Å². The van der Waals surface area contributed by atoms with E-state index in [1.165, 1.54) is 6.42 Å². The number of rotatable bonds is 5. The lowest BCUT2D eigenvalue weighted by Crippen LogP contribution is -2.40. The lowest BCUT2D eigenvalue weighted by Gasteiger charge is -2.33. The third-order valence-electron chi connectivity index (χ3n) is 5.29. The van der Waals surface area contributed by atoms with Gasteiger partial charge in [0.2, 0.25) is 0 Å². The average Bonchev–Trinajstić information content (AvgIpc) is 3.10. The van der Waals surface area contributed by atoms with Crippen molar-refractivity contribution in [3.8, 4) is 0 Å². The highest BCUT2D eigenvalue weighted by Crippen LogP contribution is 2.42. The second kappa shape index (κ2) is 6.85. The van der Waals surface area contributed by atoms with E-state index in [1.807, 2.05) is 0 Å². The standard InChI is InChI=1S/C17H28O5/c1-2-3-7-13(18)16-12(10-15(19)21-16)14-11-20-17(22-14)8-5-4-6-9-17/h12-14,16,18H,2-11H2,1H3/t12-,13+,14+,16+/m0/s1. The summed E-state index contributed by atoms with van der Waals surface area (Å²) in [5, 5.41) is 10.4. The molecule has 0 radical (unpaired) electrons. The Kier molecular flexibility index (Phi) is 5.05. The van der Waals surface area contributed by atoms with Crippen molar-refractivity contribution in [3.05, 3.63) is 0 Å². The third kappa shape index (κ3) is 3.31. The number of hydrogen-bond donors (Lipinski definition) is 1. The van der Waals surface area contributed by atoms with Crippen LogP contribution in [0.4, 0.5) is 0 Å². The highest BCUT2D eigenvalue weighted by Gasteiger charge is 2.51. The first-order valence-electron chi connectivity index (χ1n) is 8.83. The zero-order valence-electron chi connectivity index (χ0n) is 13.5. The van der Waals surface area contributed by atoms with Crippen LogP contribution in [-0.2, 0) is 19.0 Å². The summed E-state index contributed by atoms with van der Waals surface area (Å²) >= 11 is 0. The van der Waals surface area contributed by atoms with Crippen molar-refractivity contribution in [2.75, 3.05) is 6.61 Å². The molecular weight excluding hydrogens is 284 g/mol. The van der Waals surface area contributed by atoms with E-state index < -0.39 is 18.0 Å². The molecule has 5 nitrogen and oxygen atoms in total. The summed E-state index contributed by atoms with van der Waals surface area (Å²) < 4.78 is 17.6. The molecule has 0 amide bonds. The molecule has 3 fully saturated rings. The first-order valence-corrected chi connectivity index (χ1v) is 8.83. The van der Waals surface area contributed by atoms with Crippen molar-refractivity contribution in [2.24, 2.45) is 5.92 Å². The van der Waals surface area contributed by atoms with Crippen LogP contribution in [0.2, 0.25) is 0 Å². The summed E-state index contributed by atoms with van der Waals surface area (Å²) in [6.07, 6.45) is 7.18. The van der Waals surface area contributed by atoms with Crippen LogP contribution >= 0.6 is 0 Å². The molecule has 2 heterocycles. The molecule has 1 spiro atoms. The fraction of sp³-hybridized carbons (Fsp3) is 0.941. The molecule has 3 rings (SSSR count). The first-order chi connectivity index (χ1) is 10.6. The fourth-order valence-corrected chi connectivity index (χ4v) is 4.02. The van der Waals surface area contributed by atoms with E-state index in [1.54, 1.807) is 0 Å². The van der Waals surface area contributed by atoms with Crippen LogP contribution in [0.15, 0.2) is 0 Å². The van der Waals surface area contributed by atoms with Gasteiger partial charge >= 0.3 is 5.97 Å². The second-order valence-electron chi connectivity index (χ2n) is 6.97. The molecular formula is C17H28O5. The van der Waals surface area contributed by atoms with E-state index in [0.717, 1.165) is 38.5 Å². The largest absolute Gasteiger partial charge is 0.459 e. The molecule has 0 aromatic rings. The Hall–Kier alpha value is -0.650. The molecule has 0 unspecified atom stereocenters. The molecule has 5 heteroatoms. The minimum Gasteiger partial charge on any atom is -0.459 e.